The van der Waals surface area contributed by atoms with E-state index < -0.39 is 40.8 Å². The summed E-state index contributed by atoms with van der Waals surface area (Å²) in [6.45, 7) is 4.91. The number of ether oxygens (including phenoxy) is 2. The van der Waals surface area contributed by atoms with Crippen molar-refractivity contribution in [3.63, 3.8) is 0 Å². The zero-order valence-electron chi connectivity index (χ0n) is 21.5. The van der Waals surface area contributed by atoms with E-state index in [0.29, 0.717) is 5.56 Å². The second-order valence-electron chi connectivity index (χ2n) is 8.92. The molecule has 0 aliphatic heterocycles. The van der Waals surface area contributed by atoms with E-state index in [2.05, 4.69) is 20.0 Å². The van der Waals surface area contributed by atoms with E-state index in [9.17, 15) is 22.6 Å². The van der Waals surface area contributed by atoms with E-state index in [1.54, 1.807) is 23.6 Å². The van der Waals surface area contributed by atoms with Gasteiger partial charge < -0.3 is 24.3 Å². The number of nitrogens with two attached hydrogens (primary N) is 1. The topological polar surface area (TPSA) is 198 Å². The summed E-state index contributed by atoms with van der Waals surface area (Å²) >= 11 is 0. The fourth-order valence-electron chi connectivity index (χ4n) is 3.38. The molecule has 2 heterocycles. The van der Waals surface area contributed by atoms with Crippen LogP contribution in [0.3, 0.4) is 0 Å². The highest BCUT2D eigenvalue weighted by atomic mass is 32.2. The first-order chi connectivity index (χ1) is 17.7. The number of imidazole rings is 1. The minimum Gasteiger partial charge on any atom is -0.465 e. The molecule has 0 saturated carbocycles. The predicted molar refractivity (Wildman–Crippen MR) is 139 cm³/mol. The van der Waals surface area contributed by atoms with Crippen molar-refractivity contribution < 1.29 is 31.8 Å². The summed E-state index contributed by atoms with van der Waals surface area (Å²) in [6, 6.07) is 5.94. The van der Waals surface area contributed by atoms with Crippen LogP contribution in [0.15, 0.2) is 40.3 Å². The third-order valence-electron chi connectivity index (χ3n) is 5.26. The van der Waals surface area contributed by atoms with Gasteiger partial charge in [-0.05, 0) is 38.5 Å². The first kappa shape index (κ1) is 29.5. The van der Waals surface area contributed by atoms with Gasteiger partial charge in [-0.3, -0.25) is 19.1 Å². The van der Waals surface area contributed by atoms with Crippen molar-refractivity contribution in [3.05, 3.63) is 46.5 Å². The molecule has 4 N–H and O–H groups in total. The maximum absolute atomic E-state index is 13.7. The predicted octanol–water partition coefficient (Wildman–Crippen LogP) is 1.42. The van der Waals surface area contributed by atoms with Crippen molar-refractivity contribution in [2.75, 3.05) is 31.6 Å². The number of sulfone groups is 1. The van der Waals surface area contributed by atoms with Crippen LogP contribution < -0.4 is 16.4 Å². The third kappa shape index (κ3) is 7.48. The maximum Gasteiger partial charge on any atom is 0.326 e. The molecule has 16 heteroatoms. The van der Waals surface area contributed by atoms with Gasteiger partial charge in [0.2, 0.25) is 5.95 Å². The number of benzene rings is 1. The summed E-state index contributed by atoms with van der Waals surface area (Å²) in [5, 5.41) is 2.74. The minimum atomic E-state index is -3.81. The molecule has 1 unspecified atom stereocenters. The lowest BCUT2D eigenvalue weighted by Crippen LogP contribution is -2.46. The van der Waals surface area contributed by atoms with Gasteiger partial charge in [0.15, 0.2) is 21.0 Å². The minimum absolute atomic E-state index is 0.0394. The largest absolute Gasteiger partial charge is 0.465 e. The van der Waals surface area contributed by atoms with Crippen molar-refractivity contribution in [1.82, 2.24) is 24.6 Å². The fraction of sp³-hybridized carbons (Fsp3) is 0.455. The highest BCUT2D eigenvalue weighted by Gasteiger charge is 2.38. The van der Waals surface area contributed by atoms with Gasteiger partial charge >= 0.3 is 5.97 Å². The quantitative estimate of drug-likeness (QED) is 0.152. The van der Waals surface area contributed by atoms with E-state index in [4.69, 9.17) is 19.7 Å². The van der Waals surface area contributed by atoms with E-state index in [1.807, 2.05) is 0 Å². The van der Waals surface area contributed by atoms with E-state index in [1.165, 1.54) is 32.3 Å². The maximum atomic E-state index is 13.7. The lowest BCUT2D eigenvalue weighted by atomic mass is 10.1. The molecule has 0 spiro atoms. The Morgan fingerprint density at radius 2 is 1.95 bits per heavy atom. The standard InChI is InChI=1S/C22H31N6O8PS/c1-5-35-20(30)22(2,3)27-37(31,36-12-15-6-8-16(9-7-15)38(4,32)33)14-34-11-10-28-13-24-17-18(28)25-21(23)26-19(17)29/h6-9,13H,5,10-12,14H2,1-4H3,(H,27,31)(H3,23,25,26,29). The van der Waals surface area contributed by atoms with Crippen LogP contribution in [0.5, 0.6) is 0 Å². The Morgan fingerprint density at radius 1 is 1.26 bits per heavy atom. The Kier molecular flexibility index (Phi) is 9.10. The van der Waals surface area contributed by atoms with Crippen LogP contribution in [0.25, 0.3) is 11.2 Å². The summed E-state index contributed by atoms with van der Waals surface area (Å²) in [4.78, 5) is 35.0. The molecule has 208 valence electrons. The Labute approximate surface area is 219 Å². The number of carbonyl (C=O) groups is 1. The molecule has 0 aliphatic carbocycles. The number of nitrogens with zero attached hydrogens (tertiary/aromatic N) is 3. The molecule has 38 heavy (non-hydrogen) atoms. The lowest BCUT2D eigenvalue weighted by molar-refractivity contribution is -0.149. The number of rotatable bonds is 13. The molecule has 1 atom stereocenters. The zero-order valence-corrected chi connectivity index (χ0v) is 23.2. The van der Waals surface area contributed by atoms with E-state index in [0.717, 1.165) is 6.26 Å². The molecule has 3 rings (SSSR count). The molecule has 1 aromatic carbocycles. The summed E-state index contributed by atoms with van der Waals surface area (Å²) in [5.74, 6) is -0.682. The molecular weight excluding hydrogens is 539 g/mol. The smallest absolute Gasteiger partial charge is 0.326 e. The van der Waals surface area contributed by atoms with E-state index >= 15 is 0 Å². The molecule has 2 aromatic heterocycles. The first-order valence-corrected chi connectivity index (χ1v) is 15.2. The van der Waals surface area contributed by atoms with Gasteiger partial charge in [0, 0.05) is 12.8 Å². The molecule has 0 radical (unpaired) electrons. The molecule has 0 amide bonds. The van der Waals surface area contributed by atoms with Crippen LogP contribution in [-0.2, 0) is 46.3 Å². The molecule has 0 fully saturated rings. The molecule has 14 nitrogen and oxygen atoms in total. The van der Waals surface area contributed by atoms with Gasteiger partial charge in [-0.1, -0.05) is 12.1 Å². The van der Waals surface area contributed by atoms with Crippen LogP contribution in [-0.4, -0.2) is 65.3 Å². The number of hydrogen-bond acceptors (Lipinski definition) is 11. The molecule has 3 aromatic rings. The SMILES string of the molecule is CCOC(=O)C(C)(C)NP(=O)(COCCn1cnc2c(=O)[nH]c(N)nc21)OCc1ccc(S(C)(=O)=O)cc1. The average Bonchev–Trinajstić information content (AvgIpc) is 3.23. The highest BCUT2D eigenvalue weighted by Crippen LogP contribution is 2.45. The van der Waals surface area contributed by atoms with Gasteiger partial charge in [-0.25, -0.2) is 18.5 Å². The van der Waals surface area contributed by atoms with Crippen molar-refractivity contribution in [2.45, 2.75) is 44.4 Å². The second-order valence-corrected chi connectivity index (χ2v) is 13.0. The first-order valence-electron chi connectivity index (χ1n) is 11.5. The number of aromatic nitrogens is 4. The molecule has 0 bridgehead atoms. The van der Waals surface area contributed by atoms with Crippen molar-refractivity contribution in [1.29, 1.82) is 0 Å². The van der Waals surface area contributed by atoms with Gasteiger partial charge in [0.25, 0.3) is 13.1 Å². The number of carbonyl (C=O) groups excluding carboxylic acids is 1. The second kappa shape index (κ2) is 11.7. The van der Waals surface area contributed by atoms with Crippen molar-refractivity contribution in [2.24, 2.45) is 0 Å². The number of hydrogen-bond donors (Lipinski definition) is 3. The number of nitrogens with one attached hydrogen (secondary N) is 2. The Balaban J connectivity index is 1.71. The third-order valence-corrected chi connectivity index (χ3v) is 8.35. The number of H-pyrrole nitrogens is 1. The summed E-state index contributed by atoms with van der Waals surface area (Å²) < 4.78 is 55.1. The monoisotopic (exact) mass is 570 g/mol. The molecular formula is C22H31N6O8PS. The molecule has 0 saturated heterocycles. The van der Waals surface area contributed by atoms with E-state index in [-0.39, 0.29) is 48.4 Å². The van der Waals surface area contributed by atoms with Crippen LogP contribution in [0, 0.1) is 0 Å². The van der Waals surface area contributed by atoms with Crippen LogP contribution in [0.4, 0.5) is 5.95 Å². The van der Waals surface area contributed by atoms with Gasteiger partial charge in [-0.2, -0.15) is 4.98 Å². The Morgan fingerprint density at radius 3 is 2.58 bits per heavy atom. The van der Waals surface area contributed by atoms with Crippen molar-refractivity contribution >= 4 is 40.4 Å². The van der Waals surface area contributed by atoms with Gasteiger partial charge in [-0.15, -0.1) is 0 Å². The van der Waals surface area contributed by atoms with Crippen LogP contribution >= 0.6 is 7.52 Å². The summed E-state index contributed by atoms with van der Waals surface area (Å²) in [7, 11) is -7.18. The number of nitrogen functional groups attached to an aromatic ring is 1. The van der Waals surface area contributed by atoms with Crippen molar-refractivity contribution in [3.8, 4) is 0 Å². The lowest BCUT2D eigenvalue weighted by Gasteiger charge is -2.29. The number of anilines is 1. The van der Waals surface area contributed by atoms with Crippen LogP contribution in [0.2, 0.25) is 0 Å². The molecule has 0 aliphatic rings. The number of esters is 1. The number of fused-ring (bicyclic) bond motifs is 1. The number of aromatic amines is 1. The fourth-order valence-corrected chi connectivity index (χ4v) is 5.88. The normalized spacial score (nSPS) is 13.9. The average molecular weight is 571 g/mol. The van der Waals surface area contributed by atoms with Crippen LogP contribution in [0.1, 0.15) is 26.3 Å². The van der Waals surface area contributed by atoms with Gasteiger partial charge in [0.05, 0.1) is 31.0 Å². The zero-order chi connectivity index (χ0) is 28.1. The van der Waals surface area contributed by atoms with Gasteiger partial charge in [0.1, 0.15) is 11.9 Å². The summed E-state index contributed by atoms with van der Waals surface area (Å²) in [6.07, 6.45) is 2.11. The Bertz CT molecular complexity index is 1500. The highest BCUT2D eigenvalue weighted by molar-refractivity contribution is 7.90. The Hall–Kier alpha value is -3.10. The summed E-state index contributed by atoms with van der Waals surface area (Å²) in [5.41, 5.74) is 4.73.